The van der Waals surface area contributed by atoms with E-state index in [4.69, 9.17) is 33.9 Å². The Morgan fingerprint density at radius 1 is 1.15 bits per heavy atom. The van der Waals surface area contributed by atoms with Crippen LogP contribution in [0.25, 0.3) is 11.3 Å². The number of nitrogens with zero attached hydrogens (tertiary/aromatic N) is 2. The highest BCUT2D eigenvalue weighted by molar-refractivity contribution is 6.36. The maximum absolute atomic E-state index is 6.29. The van der Waals surface area contributed by atoms with Crippen LogP contribution in [0.3, 0.4) is 0 Å². The van der Waals surface area contributed by atoms with E-state index >= 15 is 0 Å². The Morgan fingerprint density at radius 3 is 2.25 bits per heavy atom. The Bertz CT molecular complexity index is 630. The second kappa shape index (κ2) is 5.66. The lowest BCUT2D eigenvalue weighted by atomic mass is 10.1. The fraction of sp³-hybridized carbons (Fsp3) is 0.400. The van der Waals surface area contributed by atoms with Crippen molar-refractivity contribution in [2.75, 3.05) is 5.73 Å². The monoisotopic (exact) mass is 311 g/mol. The summed E-state index contributed by atoms with van der Waals surface area (Å²) in [6.07, 6.45) is 0. The minimum absolute atomic E-state index is 0.250. The molecule has 2 aromatic rings. The third kappa shape index (κ3) is 2.65. The standard InChI is InChI=1S/C15H19Cl2N3/c1-8(2)15-19-13(14(18)20(15)9(3)4)11-6-5-10(16)7-12(11)17/h5-9H,18H2,1-4H3. The Labute approximate surface area is 129 Å². The van der Waals surface area contributed by atoms with Gasteiger partial charge in [-0.3, -0.25) is 0 Å². The lowest BCUT2D eigenvalue weighted by Crippen LogP contribution is -2.10. The van der Waals surface area contributed by atoms with Gasteiger partial charge in [0.05, 0.1) is 5.02 Å². The van der Waals surface area contributed by atoms with E-state index in [9.17, 15) is 0 Å². The van der Waals surface area contributed by atoms with Crippen LogP contribution in [0.15, 0.2) is 18.2 Å². The first-order chi connectivity index (χ1) is 9.32. The van der Waals surface area contributed by atoms with Gasteiger partial charge in [0.2, 0.25) is 0 Å². The number of hydrogen-bond donors (Lipinski definition) is 1. The van der Waals surface area contributed by atoms with Crippen LogP contribution in [0.1, 0.15) is 45.5 Å². The van der Waals surface area contributed by atoms with Crippen molar-refractivity contribution in [2.24, 2.45) is 0 Å². The molecule has 0 atom stereocenters. The second-order valence-electron chi connectivity index (χ2n) is 5.45. The second-order valence-corrected chi connectivity index (χ2v) is 6.29. The first kappa shape index (κ1) is 15.2. The fourth-order valence-electron chi connectivity index (χ4n) is 2.29. The first-order valence-electron chi connectivity index (χ1n) is 6.66. The van der Waals surface area contributed by atoms with Gasteiger partial charge in [-0.2, -0.15) is 0 Å². The first-order valence-corrected chi connectivity index (χ1v) is 7.41. The van der Waals surface area contributed by atoms with E-state index in [0.717, 1.165) is 17.1 Å². The molecule has 0 fully saturated rings. The Morgan fingerprint density at radius 2 is 1.80 bits per heavy atom. The molecule has 108 valence electrons. The highest BCUT2D eigenvalue weighted by atomic mass is 35.5. The average Bonchev–Trinajstić information content (AvgIpc) is 2.67. The molecule has 2 N–H and O–H groups in total. The predicted molar refractivity (Wildman–Crippen MR) is 86.6 cm³/mol. The smallest absolute Gasteiger partial charge is 0.132 e. The number of rotatable bonds is 3. The molecule has 3 nitrogen and oxygen atoms in total. The zero-order valence-corrected chi connectivity index (χ0v) is 13.6. The molecule has 0 saturated carbocycles. The van der Waals surface area contributed by atoms with Crippen molar-refractivity contribution in [3.05, 3.63) is 34.1 Å². The van der Waals surface area contributed by atoms with E-state index in [1.807, 2.05) is 6.07 Å². The summed E-state index contributed by atoms with van der Waals surface area (Å²) < 4.78 is 2.06. The van der Waals surface area contributed by atoms with Crippen LogP contribution in [-0.2, 0) is 0 Å². The highest BCUT2D eigenvalue weighted by Gasteiger charge is 2.21. The summed E-state index contributed by atoms with van der Waals surface area (Å²) in [5, 5.41) is 1.16. The normalized spacial score (nSPS) is 11.6. The molecule has 1 heterocycles. The van der Waals surface area contributed by atoms with Crippen molar-refractivity contribution in [3.63, 3.8) is 0 Å². The van der Waals surface area contributed by atoms with E-state index in [2.05, 4.69) is 32.3 Å². The van der Waals surface area contributed by atoms with Crippen molar-refractivity contribution in [1.82, 2.24) is 9.55 Å². The molecule has 0 bridgehead atoms. The van der Waals surface area contributed by atoms with E-state index in [1.54, 1.807) is 12.1 Å². The summed E-state index contributed by atoms with van der Waals surface area (Å²) in [4.78, 5) is 4.70. The van der Waals surface area contributed by atoms with E-state index in [-0.39, 0.29) is 6.04 Å². The fourth-order valence-corrected chi connectivity index (χ4v) is 2.79. The maximum Gasteiger partial charge on any atom is 0.132 e. The molecular weight excluding hydrogens is 293 g/mol. The third-order valence-corrected chi connectivity index (χ3v) is 3.74. The minimum atomic E-state index is 0.250. The molecule has 0 unspecified atom stereocenters. The van der Waals surface area contributed by atoms with Gasteiger partial charge in [0, 0.05) is 22.5 Å². The van der Waals surface area contributed by atoms with Crippen LogP contribution in [-0.4, -0.2) is 9.55 Å². The van der Waals surface area contributed by atoms with Crippen molar-refractivity contribution in [1.29, 1.82) is 0 Å². The summed E-state index contributed by atoms with van der Waals surface area (Å²) in [5.74, 6) is 1.91. The van der Waals surface area contributed by atoms with E-state index in [0.29, 0.717) is 21.8 Å². The largest absolute Gasteiger partial charge is 0.383 e. The van der Waals surface area contributed by atoms with Gasteiger partial charge in [-0.25, -0.2) is 4.98 Å². The lowest BCUT2D eigenvalue weighted by Gasteiger charge is -2.15. The van der Waals surface area contributed by atoms with Gasteiger partial charge in [0.25, 0.3) is 0 Å². The van der Waals surface area contributed by atoms with Crippen molar-refractivity contribution >= 4 is 29.0 Å². The van der Waals surface area contributed by atoms with Gasteiger partial charge in [-0.1, -0.05) is 37.0 Å². The number of benzene rings is 1. The summed E-state index contributed by atoms with van der Waals surface area (Å²) >= 11 is 12.2. The van der Waals surface area contributed by atoms with E-state index in [1.165, 1.54) is 0 Å². The van der Waals surface area contributed by atoms with Crippen LogP contribution in [0.5, 0.6) is 0 Å². The van der Waals surface area contributed by atoms with Gasteiger partial charge in [0.15, 0.2) is 0 Å². The zero-order chi connectivity index (χ0) is 15.0. The number of halogens is 2. The van der Waals surface area contributed by atoms with Crippen molar-refractivity contribution < 1.29 is 0 Å². The summed E-state index contributed by atoms with van der Waals surface area (Å²) in [6.45, 7) is 8.40. The molecule has 0 aliphatic rings. The molecule has 1 aromatic carbocycles. The summed E-state index contributed by atoms with van der Waals surface area (Å²) in [6, 6.07) is 5.62. The predicted octanol–water partition coefficient (Wildman–Crippen LogP) is 5.14. The molecule has 1 aromatic heterocycles. The number of imidazole rings is 1. The van der Waals surface area contributed by atoms with Crippen LogP contribution >= 0.6 is 23.2 Å². The topological polar surface area (TPSA) is 43.8 Å². The van der Waals surface area contributed by atoms with Crippen molar-refractivity contribution in [2.45, 2.75) is 39.7 Å². The van der Waals surface area contributed by atoms with Crippen LogP contribution < -0.4 is 5.73 Å². The minimum Gasteiger partial charge on any atom is -0.383 e. The van der Waals surface area contributed by atoms with Crippen LogP contribution in [0.4, 0.5) is 5.82 Å². The van der Waals surface area contributed by atoms with Gasteiger partial charge in [-0.15, -0.1) is 0 Å². The number of hydrogen-bond acceptors (Lipinski definition) is 2. The third-order valence-electron chi connectivity index (χ3n) is 3.19. The number of aromatic nitrogens is 2. The molecule has 2 rings (SSSR count). The molecule has 0 amide bonds. The SMILES string of the molecule is CC(C)c1nc(-c2ccc(Cl)cc2Cl)c(N)n1C(C)C. The van der Waals surface area contributed by atoms with Crippen LogP contribution in [0, 0.1) is 0 Å². The van der Waals surface area contributed by atoms with Crippen LogP contribution in [0.2, 0.25) is 10.0 Å². The Balaban J connectivity index is 2.66. The van der Waals surface area contributed by atoms with Gasteiger partial charge in [0.1, 0.15) is 17.3 Å². The summed E-state index contributed by atoms with van der Waals surface area (Å²) in [5.41, 5.74) is 7.83. The molecule has 0 spiro atoms. The Kier molecular flexibility index (Phi) is 4.31. The Hall–Kier alpha value is -1.19. The highest BCUT2D eigenvalue weighted by Crippen LogP contribution is 2.36. The molecule has 5 heteroatoms. The molecule has 0 saturated heterocycles. The number of nitrogens with two attached hydrogens (primary N) is 1. The molecule has 20 heavy (non-hydrogen) atoms. The quantitative estimate of drug-likeness (QED) is 0.852. The maximum atomic E-state index is 6.29. The van der Waals surface area contributed by atoms with Gasteiger partial charge in [-0.05, 0) is 32.0 Å². The van der Waals surface area contributed by atoms with Gasteiger partial charge >= 0.3 is 0 Å². The number of anilines is 1. The molecule has 0 radical (unpaired) electrons. The zero-order valence-electron chi connectivity index (χ0n) is 12.1. The van der Waals surface area contributed by atoms with E-state index < -0.39 is 0 Å². The summed E-state index contributed by atoms with van der Waals surface area (Å²) in [7, 11) is 0. The lowest BCUT2D eigenvalue weighted by molar-refractivity contribution is 0.556. The molecule has 0 aliphatic carbocycles. The van der Waals surface area contributed by atoms with Crippen molar-refractivity contribution in [3.8, 4) is 11.3 Å². The molecular formula is C15H19Cl2N3. The number of nitrogen functional groups attached to an aromatic ring is 1. The molecule has 0 aliphatic heterocycles. The average molecular weight is 312 g/mol. The van der Waals surface area contributed by atoms with Gasteiger partial charge < -0.3 is 10.3 Å².